The van der Waals surface area contributed by atoms with E-state index in [-0.39, 0.29) is 18.4 Å². The molecule has 0 aliphatic rings. The lowest BCUT2D eigenvalue weighted by molar-refractivity contribution is -0.133. The van der Waals surface area contributed by atoms with Gasteiger partial charge in [0.25, 0.3) is 0 Å². The maximum absolute atomic E-state index is 12.1. The summed E-state index contributed by atoms with van der Waals surface area (Å²) < 4.78 is 0. The Morgan fingerprint density at radius 1 is 1.29 bits per heavy atom. The second-order valence-corrected chi connectivity index (χ2v) is 6.19. The number of hydrogen-bond donors (Lipinski definition) is 1. The molecule has 0 bridgehead atoms. The number of nitrogens with zero attached hydrogens (tertiary/aromatic N) is 1. The molecule has 0 aromatic heterocycles. The molecular formula is C16H23ClN2O2. The lowest BCUT2D eigenvalue weighted by Gasteiger charge is -2.23. The summed E-state index contributed by atoms with van der Waals surface area (Å²) in [5.41, 5.74) is 2.56. The molecule has 0 saturated heterocycles. The first-order valence-corrected chi connectivity index (χ1v) is 7.40. The summed E-state index contributed by atoms with van der Waals surface area (Å²) in [4.78, 5) is 25.2. The van der Waals surface area contributed by atoms with E-state index >= 15 is 0 Å². The Morgan fingerprint density at radius 2 is 1.90 bits per heavy atom. The van der Waals surface area contributed by atoms with Gasteiger partial charge in [-0.1, -0.05) is 31.5 Å². The first-order chi connectivity index (χ1) is 9.70. The summed E-state index contributed by atoms with van der Waals surface area (Å²) in [6.07, 6.45) is 0. The minimum atomic E-state index is -0.236. The number of halogens is 1. The van der Waals surface area contributed by atoms with Crippen LogP contribution >= 0.6 is 11.6 Å². The van der Waals surface area contributed by atoms with E-state index in [0.717, 1.165) is 11.1 Å². The van der Waals surface area contributed by atoms with E-state index in [1.54, 1.807) is 6.07 Å². The Balaban J connectivity index is 2.79. The van der Waals surface area contributed by atoms with E-state index in [0.29, 0.717) is 23.2 Å². The summed E-state index contributed by atoms with van der Waals surface area (Å²) in [5.74, 6) is -0.0309. The second-order valence-electron chi connectivity index (χ2n) is 5.78. The van der Waals surface area contributed by atoms with Crippen LogP contribution < -0.4 is 5.32 Å². The van der Waals surface area contributed by atoms with Crippen molar-refractivity contribution in [2.24, 2.45) is 5.92 Å². The molecule has 0 atom stereocenters. The quantitative estimate of drug-likeness (QED) is 0.906. The van der Waals surface area contributed by atoms with Gasteiger partial charge < -0.3 is 10.2 Å². The van der Waals surface area contributed by atoms with Crippen LogP contribution in [0.15, 0.2) is 12.1 Å². The second kappa shape index (κ2) is 7.46. The third-order valence-electron chi connectivity index (χ3n) is 3.06. The van der Waals surface area contributed by atoms with Crippen molar-refractivity contribution >= 4 is 29.1 Å². The Labute approximate surface area is 131 Å². The molecule has 0 radical (unpaired) electrons. The molecule has 1 aromatic rings. The zero-order valence-electron chi connectivity index (χ0n) is 13.3. The molecule has 1 rings (SSSR count). The highest BCUT2D eigenvalue weighted by molar-refractivity contribution is 6.34. The van der Waals surface area contributed by atoms with Gasteiger partial charge in [-0.15, -0.1) is 0 Å². The molecule has 1 aromatic carbocycles. The van der Waals surface area contributed by atoms with Crippen LogP contribution in [0.3, 0.4) is 0 Å². The summed E-state index contributed by atoms with van der Waals surface area (Å²) >= 11 is 6.17. The molecule has 0 unspecified atom stereocenters. The Hall–Kier alpha value is -1.55. The average Bonchev–Trinajstić information content (AvgIpc) is 2.32. The standard InChI is InChI=1S/C16H23ClN2O2/c1-10(2)8-19(13(5)20)9-15(21)18-16-12(4)6-11(3)7-14(16)17/h6-7,10H,8-9H2,1-5H3,(H,18,21). The van der Waals surface area contributed by atoms with Crippen molar-refractivity contribution in [3.05, 3.63) is 28.3 Å². The van der Waals surface area contributed by atoms with Crippen LogP contribution in [-0.2, 0) is 9.59 Å². The van der Waals surface area contributed by atoms with Gasteiger partial charge in [0.05, 0.1) is 17.3 Å². The Morgan fingerprint density at radius 3 is 2.38 bits per heavy atom. The highest BCUT2D eigenvalue weighted by atomic mass is 35.5. The lowest BCUT2D eigenvalue weighted by atomic mass is 10.1. The number of carbonyl (C=O) groups excluding carboxylic acids is 2. The number of rotatable bonds is 5. The molecule has 2 amide bonds. The van der Waals surface area contributed by atoms with Gasteiger partial charge in [-0.2, -0.15) is 0 Å². The first-order valence-electron chi connectivity index (χ1n) is 7.02. The fourth-order valence-corrected chi connectivity index (χ4v) is 2.54. The number of amides is 2. The highest BCUT2D eigenvalue weighted by Gasteiger charge is 2.16. The molecule has 21 heavy (non-hydrogen) atoms. The van der Waals surface area contributed by atoms with Gasteiger partial charge in [0, 0.05) is 13.5 Å². The molecule has 1 N–H and O–H groups in total. The number of aryl methyl sites for hydroxylation is 2. The molecule has 0 saturated carbocycles. The van der Waals surface area contributed by atoms with E-state index < -0.39 is 0 Å². The number of carbonyl (C=O) groups is 2. The van der Waals surface area contributed by atoms with Crippen LogP contribution in [0.5, 0.6) is 0 Å². The Bertz CT molecular complexity index is 518. The fraction of sp³-hybridized carbons (Fsp3) is 0.500. The third-order valence-corrected chi connectivity index (χ3v) is 3.36. The lowest BCUT2D eigenvalue weighted by Crippen LogP contribution is -2.39. The summed E-state index contributed by atoms with van der Waals surface area (Å²) in [6, 6.07) is 3.76. The molecule has 0 heterocycles. The van der Waals surface area contributed by atoms with E-state index in [1.165, 1.54) is 11.8 Å². The van der Waals surface area contributed by atoms with E-state index in [9.17, 15) is 9.59 Å². The number of benzene rings is 1. The zero-order chi connectivity index (χ0) is 16.2. The highest BCUT2D eigenvalue weighted by Crippen LogP contribution is 2.27. The normalized spacial score (nSPS) is 10.6. The van der Waals surface area contributed by atoms with Crippen molar-refractivity contribution < 1.29 is 9.59 Å². The van der Waals surface area contributed by atoms with Crippen LogP contribution in [0.1, 0.15) is 31.9 Å². The van der Waals surface area contributed by atoms with Crippen molar-refractivity contribution in [2.45, 2.75) is 34.6 Å². The number of hydrogen-bond acceptors (Lipinski definition) is 2. The van der Waals surface area contributed by atoms with Crippen LogP contribution in [0.2, 0.25) is 5.02 Å². The Kier molecular flexibility index (Phi) is 6.21. The predicted octanol–water partition coefficient (Wildman–Crippen LogP) is 3.40. The summed E-state index contributed by atoms with van der Waals surface area (Å²) in [7, 11) is 0. The van der Waals surface area contributed by atoms with Crippen LogP contribution in [-0.4, -0.2) is 29.8 Å². The SMILES string of the molecule is CC(=O)N(CC(=O)Nc1c(C)cc(C)cc1Cl)CC(C)C. The van der Waals surface area contributed by atoms with Gasteiger partial charge in [-0.05, 0) is 37.0 Å². The van der Waals surface area contributed by atoms with Gasteiger partial charge in [-0.25, -0.2) is 0 Å². The monoisotopic (exact) mass is 310 g/mol. The van der Waals surface area contributed by atoms with Crippen molar-refractivity contribution in [3.63, 3.8) is 0 Å². The molecule has 4 nitrogen and oxygen atoms in total. The minimum Gasteiger partial charge on any atom is -0.333 e. The maximum Gasteiger partial charge on any atom is 0.244 e. The minimum absolute atomic E-state index is 0.0388. The van der Waals surface area contributed by atoms with Crippen molar-refractivity contribution in [1.29, 1.82) is 0 Å². The molecule has 0 aliphatic heterocycles. The molecule has 0 aliphatic carbocycles. The summed E-state index contributed by atoms with van der Waals surface area (Å²) in [6.45, 7) is 9.93. The van der Waals surface area contributed by atoms with Crippen molar-refractivity contribution in [1.82, 2.24) is 4.90 Å². The van der Waals surface area contributed by atoms with Crippen LogP contribution in [0, 0.1) is 19.8 Å². The topological polar surface area (TPSA) is 49.4 Å². The van der Waals surface area contributed by atoms with E-state index in [4.69, 9.17) is 11.6 Å². The maximum atomic E-state index is 12.1. The van der Waals surface area contributed by atoms with Crippen LogP contribution in [0.25, 0.3) is 0 Å². The molecule has 0 fully saturated rings. The molecule has 116 valence electrons. The van der Waals surface area contributed by atoms with Gasteiger partial charge in [0.2, 0.25) is 11.8 Å². The van der Waals surface area contributed by atoms with Crippen molar-refractivity contribution in [3.8, 4) is 0 Å². The smallest absolute Gasteiger partial charge is 0.244 e. The predicted molar refractivity (Wildman–Crippen MR) is 86.6 cm³/mol. The van der Waals surface area contributed by atoms with Gasteiger partial charge >= 0.3 is 0 Å². The molecule has 5 heteroatoms. The zero-order valence-corrected chi connectivity index (χ0v) is 14.0. The van der Waals surface area contributed by atoms with Gasteiger partial charge in [0.1, 0.15) is 0 Å². The molecular weight excluding hydrogens is 288 g/mol. The van der Waals surface area contributed by atoms with E-state index in [2.05, 4.69) is 5.32 Å². The van der Waals surface area contributed by atoms with Crippen LogP contribution in [0.4, 0.5) is 5.69 Å². The molecule has 0 spiro atoms. The first kappa shape index (κ1) is 17.5. The number of nitrogens with one attached hydrogen (secondary N) is 1. The fourth-order valence-electron chi connectivity index (χ4n) is 2.17. The van der Waals surface area contributed by atoms with E-state index in [1.807, 2.05) is 33.8 Å². The number of anilines is 1. The van der Waals surface area contributed by atoms with Gasteiger partial charge in [-0.3, -0.25) is 9.59 Å². The average molecular weight is 311 g/mol. The summed E-state index contributed by atoms with van der Waals surface area (Å²) in [5, 5.41) is 3.31. The largest absolute Gasteiger partial charge is 0.333 e. The third kappa shape index (κ3) is 5.38. The van der Waals surface area contributed by atoms with Gasteiger partial charge in [0.15, 0.2) is 0 Å². The van der Waals surface area contributed by atoms with Crippen molar-refractivity contribution in [2.75, 3.05) is 18.4 Å².